The molecule has 26 heavy (non-hydrogen) atoms. The van der Waals surface area contributed by atoms with E-state index in [1.165, 1.54) is 17.3 Å². The summed E-state index contributed by atoms with van der Waals surface area (Å²) in [6.07, 6.45) is 1.80. The van der Waals surface area contributed by atoms with Gasteiger partial charge in [0, 0.05) is 0 Å². The van der Waals surface area contributed by atoms with E-state index >= 15 is 0 Å². The molecule has 0 unspecified atom stereocenters. The number of rotatable bonds is 4. The van der Waals surface area contributed by atoms with Crippen LogP contribution in [0.3, 0.4) is 0 Å². The smallest absolute Gasteiger partial charge is 0.264 e. The van der Waals surface area contributed by atoms with Gasteiger partial charge in [-0.1, -0.05) is 35.4 Å². The monoisotopic (exact) mass is 386 g/mol. The Morgan fingerprint density at radius 3 is 2.73 bits per heavy atom. The minimum absolute atomic E-state index is 0.163. The lowest BCUT2D eigenvalue weighted by Crippen LogP contribution is -2.19. The lowest BCUT2D eigenvalue weighted by molar-refractivity contribution is -0.115. The van der Waals surface area contributed by atoms with Crippen molar-refractivity contribution in [1.82, 2.24) is 5.32 Å². The van der Waals surface area contributed by atoms with Crippen LogP contribution in [0.15, 0.2) is 46.3 Å². The van der Waals surface area contributed by atoms with E-state index in [0.717, 1.165) is 16.8 Å². The number of hydrogen-bond acceptors (Lipinski definition) is 4. The number of thioether (sulfide) groups is 1. The lowest BCUT2D eigenvalue weighted by atomic mass is 10.1. The first-order valence-corrected chi connectivity index (χ1v) is 9.45. The number of nitrogens with zero attached hydrogens (tertiary/aromatic N) is 1. The fourth-order valence-corrected chi connectivity index (χ4v) is 3.63. The molecule has 3 rings (SSSR count). The number of amidine groups is 1. The van der Waals surface area contributed by atoms with Crippen molar-refractivity contribution in [3.05, 3.63) is 63.0 Å². The average Bonchev–Trinajstić information content (AvgIpc) is 2.92. The molecule has 0 aliphatic carbocycles. The molecule has 2 aromatic rings. The Balaban J connectivity index is 1.82. The van der Waals surface area contributed by atoms with Crippen LogP contribution in [0, 0.1) is 13.8 Å². The predicted octanol–water partition coefficient (Wildman–Crippen LogP) is 5.25. The molecular formula is C20H19ClN2O2S. The second-order valence-electron chi connectivity index (χ2n) is 5.89. The molecule has 0 aromatic heterocycles. The summed E-state index contributed by atoms with van der Waals surface area (Å²) in [7, 11) is 0. The Labute approximate surface area is 162 Å². The number of nitrogens with one attached hydrogen (secondary N) is 1. The van der Waals surface area contributed by atoms with Crippen molar-refractivity contribution in [2.75, 3.05) is 6.61 Å². The molecule has 0 spiro atoms. The summed E-state index contributed by atoms with van der Waals surface area (Å²) in [6.45, 7) is 6.50. The molecule has 134 valence electrons. The van der Waals surface area contributed by atoms with E-state index < -0.39 is 0 Å². The van der Waals surface area contributed by atoms with Gasteiger partial charge in [-0.15, -0.1) is 0 Å². The molecule has 0 atom stereocenters. The van der Waals surface area contributed by atoms with Crippen LogP contribution in [0.4, 0.5) is 5.69 Å². The number of aryl methyl sites for hydroxylation is 2. The molecule has 2 aromatic carbocycles. The zero-order valence-electron chi connectivity index (χ0n) is 14.8. The highest BCUT2D eigenvalue weighted by molar-refractivity contribution is 8.18. The van der Waals surface area contributed by atoms with Crippen LogP contribution in [0.2, 0.25) is 5.02 Å². The molecule has 1 fully saturated rings. The number of carbonyl (C=O) groups excluding carboxylic acids is 1. The Kier molecular flexibility index (Phi) is 5.69. The van der Waals surface area contributed by atoms with Crippen LogP contribution >= 0.6 is 23.4 Å². The number of carbonyl (C=O) groups is 1. The van der Waals surface area contributed by atoms with Gasteiger partial charge in [0.1, 0.15) is 5.75 Å². The van der Waals surface area contributed by atoms with Gasteiger partial charge in [-0.05, 0) is 67.9 Å². The van der Waals surface area contributed by atoms with Crippen LogP contribution in [-0.4, -0.2) is 17.7 Å². The third-order valence-electron chi connectivity index (χ3n) is 3.78. The molecule has 1 aliphatic heterocycles. The SMILES string of the molecule is CCOc1ccc(/C=C2\SC(=Nc3ccc(C)cc3C)NC2=O)cc1Cl. The lowest BCUT2D eigenvalue weighted by Gasteiger charge is -2.05. The van der Waals surface area contributed by atoms with Gasteiger partial charge in [-0.2, -0.15) is 0 Å². The summed E-state index contributed by atoms with van der Waals surface area (Å²) in [4.78, 5) is 17.4. The highest BCUT2D eigenvalue weighted by Gasteiger charge is 2.24. The van der Waals surface area contributed by atoms with Crippen LogP contribution in [0.25, 0.3) is 6.08 Å². The molecule has 6 heteroatoms. The highest BCUT2D eigenvalue weighted by Crippen LogP contribution is 2.31. The van der Waals surface area contributed by atoms with Crippen molar-refractivity contribution < 1.29 is 9.53 Å². The number of aliphatic imine (C=N–C) groups is 1. The summed E-state index contributed by atoms with van der Waals surface area (Å²) < 4.78 is 5.43. The summed E-state index contributed by atoms with van der Waals surface area (Å²) in [5.74, 6) is 0.473. The average molecular weight is 387 g/mol. The van der Waals surface area contributed by atoms with Gasteiger partial charge < -0.3 is 10.1 Å². The van der Waals surface area contributed by atoms with Crippen molar-refractivity contribution in [1.29, 1.82) is 0 Å². The quantitative estimate of drug-likeness (QED) is 0.730. The minimum atomic E-state index is -0.163. The van der Waals surface area contributed by atoms with Crippen LogP contribution in [-0.2, 0) is 4.79 Å². The molecule has 1 amide bonds. The summed E-state index contributed by atoms with van der Waals surface area (Å²) in [6, 6.07) is 11.5. The molecule has 1 aliphatic rings. The van der Waals surface area contributed by atoms with E-state index in [-0.39, 0.29) is 5.91 Å². The van der Waals surface area contributed by atoms with Crippen LogP contribution in [0.1, 0.15) is 23.6 Å². The Bertz CT molecular complexity index is 922. The van der Waals surface area contributed by atoms with E-state index in [1.807, 2.05) is 39.0 Å². The zero-order valence-corrected chi connectivity index (χ0v) is 16.4. The van der Waals surface area contributed by atoms with Gasteiger partial charge in [0.15, 0.2) is 5.17 Å². The van der Waals surface area contributed by atoms with Gasteiger partial charge in [0.25, 0.3) is 5.91 Å². The Hall–Kier alpha value is -2.24. The first-order valence-electron chi connectivity index (χ1n) is 8.25. The second kappa shape index (κ2) is 7.98. The number of amides is 1. The standard InChI is InChI=1S/C20H19ClN2O2S/c1-4-25-17-8-6-14(10-15(17)21)11-18-19(24)23-20(26-18)22-16-7-5-12(2)9-13(16)3/h5-11H,4H2,1-3H3,(H,22,23,24)/b18-11-. The van der Waals surface area contributed by atoms with Gasteiger partial charge in [0.2, 0.25) is 0 Å². The molecule has 1 N–H and O–H groups in total. The molecule has 4 nitrogen and oxygen atoms in total. The number of benzene rings is 2. The highest BCUT2D eigenvalue weighted by atomic mass is 35.5. The van der Waals surface area contributed by atoms with Crippen LogP contribution < -0.4 is 10.1 Å². The topological polar surface area (TPSA) is 50.7 Å². The second-order valence-corrected chi connectivity index (χ2v) is 7.33. The van der Waals surface area contributed by atoms with Crippen molar-refractivity contribution in [2.45, 2.75) is 20.8 Å². The summed E-state index contributed by atoms with van der Waals surface area (Å²) in [5.41, 5.74) is 3.94. The minimum Gasteiger partial charge on any atom is -0.492 e. The Morgan fingerprint density at radius 1 is 1.23 bits per heavy atom. The molecule has 0 bridgehead atoms. The molecule has 1 saturated heterocycles. The molecule has 1 heterocycles. The number of ether oxygens (including phenoxy) is 1. The zero-order chi connectivity index (χ0) is 18.7. The normalized spacial score (nSPS) is 17.0. The van der Waals surface area contributed by atoms with Crippen molar-refractivity contribution in [3.8, 4) is 5.75 Å². The predicted molar refractivity (Wildman–Crippen MR) is 109 cm³/mol. The first kappa shape index (κ1) is 18.5. The maximum Gasteiger partial charge on any atom is 0.264 e. The van der Waals surface area contributed by atoms with Gasteiger partial charge in [0.05, 0.1) is 22.2 Å². The number of halogens is 1. The number of hydrogen-bond donors (Lipinski definition) is 1. The summed E-state index contributed by atoms with van der Waals surface area (Å²) >= 11 is 7.53. The largest absolute Gasteiger partial charge is 0.492 e. The molecule has 0 radical (unpaired) electrons. The van der Waals surface area contributed by atoms with Gasteiger partial charge >= 0.3 is 0 Å². The third kappa shape index (κ3) is 4.29. The van der Waals surface area contributed by atoms with Crippen LogP contribution in [0.5, 0.6) is 5.75 Å². The maximum absolute atomic E-state index is 12.2. The van der Waals surface area contributed by atoms with E-state index in [4.69, 9.17) is 16.3 Å². The maximum atomic E-state index is 12.2. The fraction of sp³-hybridized carbons (Fsp3) is 0.200. The molecular weight excluding hydrogens is 368 g/mol. The van der Waals surface area contributed by atoms with Crippen molar-refractivity contribution >= 4 is 46.2 Å². The van der Waals surface area contributed by atoms with Gasteiger partial charge in [-0.3, -0.25) is 4.79 Å². The van der Waals surface area contributed by atoms with Crippen molar-refractivity contribution in [2.24, 2.45) is 4.99 Å². The van der Waals surface area contributed by atoms with E-state index in [9.17, 15) is 4.79 Å². The van der Waals surface area contributed by atoms with Gasteiger partial charge in [-0.25, -0.2) is 4.99 Å². The Morgan fingerprint density at radius 2 is 2.04 bits per heavy atom. The van der Waals surface area contributed by atoms with Crippen molar-refractivity contribution in [3.63, 3.8) is 0 Å². The molecule has 0 saturated carbocycles. The fourth-order valence-electron chi connectivity index (χ4n) is 2.55. The first-order chi connectivity index (χ1) is 12.5. The van der Waals surface area contributed by atoms with E-state index in [1.54, 1.807) is 18.2 Å². The van der Waals surface area contributed by atoms with E-state index in [0.29, 0.717) is 27.5 Å². The van der Waals surface area contributed by atoms with E-state index in [2.05, 4.69) is 16.4 Å². The third-order valence-corrected chi connectivity index (χ3v) is 4.98. The summed E-state index contributed by atoms with van der Waals surface area (Å²) in [5, 5.41) is 3.91.